The van der Waals surface area contributed by atoms with Gasteiger partial charge < -0.3 is 14.8 Å². The predicted octanol–water partition coefficient (Wildman–Crippen LogP) is 4.08. The molecule has 6 heteroatoms. The number of aliphatic imine (C=N–C) groups is 1. The number of halogens is 1. The van der Waals surface area contributed by atoms with Gasteiger partial charge in [-0.15, -0.1) is 24.0 Å². The Morgan fingerprint density at radius 1 is 1.29 bits per heavy atom. The Balaban J connectivity index is 0.00000225. The third-order valence-electron chi connectivity index (χ3n) is 6.23. The summed E-state index contributed by atoms with van der Waals surface area (Å²) in [6, 6.07) is 11.4. The summed E-state index contributed by atoms with van der Waals surface area (Å²) < 4.78 is 2.26. The van der Waals surface area contributed by atoms with Gasteiger partial charge in [-0.2, -0.15) is 0 Å². The van der Waals surface area contributed by atoms with Gasteiger partial charge in [-0.25, -0.2) is 4.98 Å². The van der Waals surface area contributed by atoms with Crippen LogP contribution in [0.15, 0.2) is 54.0 Å². The number of likely N-dealkylation sites (tertiary alicyclic amines) is 1. The number of imidazole rings is 1. The van der Waals surface area contributed by atoms with E-state index in [0.717, 1.165) is 32.1 Å². The van der Waals surface area contributed by atoms with E-state index < -0.39 is 0 Å². The van der Waals surface area contributed by atoms with Crippen LogP contribution in [0.3, 0.4) is 0 Å². The Labute approximate surface area is 185 Å². The highest BCUT2D eigenvalue weighted by atomic mass is 127. The van der Waals surface area contributed by atoms with E-state index in [1.807, 2.05) is 12.5 Å². The number of nitrogens with zero attached hydrogens (tertiary/aromatic N) is 4. The zero-order valence-corrected chi connectivity index (χ0v) is 19.3. The summed E-state index contributed by atoms with van der Waals surface area (Å²) >= 11 is 0. The zero-order valence-electron chi connectivity index (χ0n) is 16.9. The largest absolute Gasteiger partial charge is 0.357 e. The van der Waals surface area contributed by atoms with Gasteiger partial charge in [0.25, 0.3) is 0 Å². The molecule has 1 aliphatic heterocycles. The molecule has 0 amide bonds. The van der Waals surface area contributed by atoms with Crippen molar-refractivity contribution >= 4 is 29.9 Å². The molecule has 2 heterocycles. The molecule has 1 saturated carbocycles. The predicted molar refractivity (Wildman–Crippen MR) is 125 cm³/mol. The molecule has 2 unspecified atom stereocenters. The summed E-state index contributed by atoms with van der Waals surface area (Å²) in [5.41, 5.74) is 1.70. The lowest BCUT2D eigenvalue weighted by atomic mass is 9.93. The summed E-state index contributed by atoms with van der Waals surface area (Å²) in [5, 5.41) is 3.54. The first-order valence-electron chi connectivity index (χ1n) is 10.3. The summed E-state index contributed by atoms with van der Waals surface area (Å²) in [6.45, 7) is 8.33. The second-order valence-electron chi connectivity index (χ2n) is 8.11. The van der Waals surface area contributed by atoms with E-state index in [2.05, 4.69) is 70.1 Å². The molecule has 1 aliphatic carbocycles. The number of benzene rings is 1. The highest BCUT2D eigenvalue weighted by Gasteiger charge is 2.44. The normalized spacial score (nSPS) is 23.8. The number of piperidine rings is 1. The van der Waals surface area contributed by atoms with E-state index in [-0.39, 0.29) is 29.4 Å². The van der Waals surface area contributed by atoms with E-state index in [0.29, 0.717) is 12.0 Å². The van der Waals surface area contributed by atoms with Crippen molar-refractivity contribution < 1.29 is 0 Å². The van der Waals surface area contributed by atoms with Crippen molar-refractivity contribution in [1.82, 2.24) is 19.8 Å². The van der Waals surface area contributed by atoms with Gasteiger partial charge in [0, 0.05) is 37.4 Å². The first-order valence-corrected chi connectivity index (χ1v) is 10.3. The average molecular weight is 493 g/mol. The number of hydrogen-bond acceptors (Lipinski definition) is 2. The van der Waals surface area contributed by atoms with E-state index in [4.69, 9.17) is 4.99 Å². The first kappa shape index (κ1) is 21.1. The van der Waals surface area contributed by atoms with Gasteiger partial charge in [0.15, 0.2) is 5.96 Å². The maximum absolute atomic E-state index is 5.10. The average Bonchev–Trinajstić information content (AvgIpc) is 3.30. The maximum atomic E-state index is 5.10. The zero-order chi connectivity index (χ0) is 18.7. The van der Waals surface area contributed by atoms with Crippen molar-refractivity contribution in [2.75, 3.05) is 26.2 Å². The molecule has 0 bridgehead atoms. The topological polar surface area (TPSA) is 45.5 Å². The van der Waals surface area contributed by atoms with Gasteiger partial charge in [-0.1, -0.05) is 37.3 Å². The molecule has 2 atom stereocenters. The van der Waals surface area contributed by atoms with Crippen LogP contribution < -0.4 is 5.32 Å². The minimum atomic E-state index is 0. The molecule has 28 heavy (non-hydrogen) atoms. The first-order chi connectivity index (χ1) is 13.2. The van der Waals surface area contributed by atoms with Crippen molar-refractivity contribution in [2.24, 2.45) is 10.9 Å². The number of rotatable bonds is 5. The Bertz CT molecular complexity index is 754. The van der Waals surface area contributed by atoms with Crippen LogP contribution in [0.4, 0.5) is 0 Å². The molecule has 2 fully saturated rings. The van der Waals surface area contributed by atoms with Crippen LogP contribution in [0, 0.1) is 5.92 Å². The monoisotopic (exact) mass is 493 g/mol. The molecule has 0 spiro atoms. The molecule has 5 nitrogen and oxygen atoms in total. The van der Waals surface area contributed by atoms with Crippen LogP contribution >= 0.6 is 24.0 Å². The third-order valence-corrected chi connectivity index (χ3v) is 6.23. The minimum absolute atomic E-state index is 0. The van der Waals surface area contributed by atoms with Gasteiger partial charge in [0.05, 0.1) is 18.9 Å². The Hall–Kier alpha value is -1.57. The van der Waals surface area contributed by atoms with Crippen LogP contribution in [0.1, 0.15) is 44.7 Å². The van der Waals surface area contributed by atoms with Crippen LogP contribution in [-0.4, -0.2) is 46.6 Å². The summed E-state index contributed by atoms with van der Waals surface area (Å²) in [6.07, 6.45) is 9.58. The molecule has 1 saturated heterocycles. The highest BCUT2D eigenvalue weighted by Crippen LogP contribution is 2.48. The fourth-order valence-electron chi connectivity index (χ4n) is 4.23. The fourth-order valence-corrected chi connectivity index (χ4v) is 4.23. The number of aromatic nitrogens is 2. The summed E-state index contributed by atoms with van der Waals surface area (Å²) in [7, 11) is 0. The third kappa shape index (κ3) is 4.53. The van der Waals surface area contributed by atoms with E-state index in [9.17, 15) is 0 Å². The molecule has 1 aromatic carbocycles. The standard InChI is InChI=1S/C22H31N5.HI/c1-3-24-21(25-16-22(10-11-22)19-7-5-4-6-8-19)26-13-9-18(2)20(15-26)27-14-12-23-17-27;/h4-8,12,14,17-18,20H,3,9-11,13,15-16H2,1-2H3,(H,24,25);1H. The molecule has 2 aromatic rings. The van der Waals surface area contributed by atoms with Crippen LogP contribution in [0.25, 0.3) is 0 Å². The Kier molecular flexibility index (Phi) is 7.01. The maximum Gasteiger partial charge on any atom is 0.194 e. The van der Waals surface area contributed by atoms with Crippen LogP contribution in [0.2, 0.25) is 0 Å². The lowest BCUT2D eigenvalue weighted by Crippen LogP contribution is -2.49. The molecule has 4 rings (SSSR count). The van der Waals surface area contributed by atoms with Crippen molar-refractivity contribution in [2.45, 2.75) is 44.6 Å². The second-order valence-corrected chi connectivity index (χ2v) is 8.11. The van der Waals surface area contributed by atoms with Crippen molar-refractivity contribution in [1.29, 1.82) is 0 Å². The van der Waals surface area contributed by atoms with E-state index in [1.54, 1.807) is 0 Å². The van der Waals surface area contributed by atoms with Gasteiger partial charge in [-0.3, -0.25) is 4.99 Å². The second kappa shape index (κ2) is 9.29. The fraction of sp³-hybridized carbons (Fsp3) is 0.545. The lowest BCUT2D eigenvalue weighted by Gasteiger charge is -2.39. The van der Waals surface area contributed by atoms with E-state index in [1.165, 1.54) is 24.8 Å². The molecular formula is C22H32IN5. The van der Waals surface area contributed by atoms with Gasteiger partial charge in [0.1, 0.15) is 0 Å². The Morgan fingerprint density at radius 2 is 2.07 bits per heavy atom. The van der Waals surface area contributed by atoms with Crippen molar-refractivity contribution in [3.63, 3.8) is 0 Å². The number of hydrogen-bond donors (Lipinski definition) is 1. The number of nitrogens with one attached hydrogen (secondary N) is 1. The molecule has 2 aliphatic rings. The van der Waals surface area contributed by atoms with Crippen LogP contribution in [-0.2, 0) is 5.41 Å². The van der Waals surface area contributed by atoms with Crippen molar-refractivity contribution in [3.8, 4) is 0 Å². The molecule has 152 valence electrons. The lowest BCUT2D eigenvalue weighted by molar-refractivity contribution is 0.189. The summed E-state index contributed by atoms with van der Waals surface area (Å²) in [5.74, 6) is 1.72. The van der Waals surface area contributed by atoms with E-state index >= 15 is 0 Å². The molecule has 1 aromatic heterocycles. The quantitative estimate of drug-likeness (QED) is 0.388. The van der Waals surface area contributed by atoms with Gasteiger partial charge in [0.2, 0.25) is 0 Å². The minimum Gasteiger partial charge on any atom is -0.357 e. The SMILES string of the molecule is CCNC(=NCC1(c2ccccc2)CC1)N1CCC(C)C(n2ccnc2)C1.I. The summed E-state index contributed by atoms with van der Waals surface area (Å²) in [4.78, 5) is 11.8. The Morgan fingerprint density at radius 3 is 2.71 bits per heavy atom. The van der Waals surface area contributed by atoms with Crippen molar-refractivity contribution in [3.05, 3.63) is 54.6 Å². The smallest absolute Gasteiger partial charge is 0.194 e. The highest BCUT2D eigenvalue weighted by molar-refractivity contribution is 14.0. The molecule has 0 radical (unpaired) electrons. The van der Waals surface area contributed by atoms with Gasteiger partial charge in [-0.05, 0) is 37.7 Å². The molecule has 1 N–H and O–H groups in total. The van der Waals surface area contributed by atoms with Crippen LogP contribution in [0.5, 0.6) is 0 Å². The number of guanidine groups is 1. The molecular weight excluding hydrogens is 461 g/mol. The van der Waals surface area contributed by atoms with Gasteiger partial charge >= 0.3 is 0 Å².